The van der Waals surface area contributed by atoms with E-state index in [0.29, 0.717) is 11.9 Å². The number of amides is 1. The summed E-state index contributed by atoms with van der Waals surface area (Å²) in [5, 5.41) is 3.17. The standard InChI is InChI=1S/C13H22N2OS/c1-14-12-8-17-5-4-15(13(12)16)11-3-2-9-6-10(9)7-11/h9-12,14H,2-8H2,1H3. The number of nitrogens with zero attached hydrogens (tertiary/aromatic N) is 1. The lowest BCUT2D eigenvalue weighted by Gasteiger charge is -2.34. The molecule has 1 heterocycles. The quantitative estimate of drug-likeness (QED) is 0.807. The number of thioether (sulfide) groups is 1. The van der Waals surface area contributed by atoms with Crippen LogP contribution < -0.4 is 5.32 Å². The predicted molar refractivity (Wildman–Crippen MR) is 71.1 cm³/mol. The monoisotopic (exact) mass is 254 g/mol. The molecule has 1 aliphatic heterocycles. The zero-order valence-electron chi connectivity index (χ0n) is 10.5. The summed E-state index contributed by atoms with van der Waals surface area (Å²) in [7, 11) is 1.91. The van der Waals surface area contributed by atoms with Crippen LogP contribution in [0.4, 0.5) is 0 Å². The number of rotatable bonds is 2. The van der Waals surface area contributed by atoms with E-state index in [4.69, 9.17) is 0 Å². The average molecular weight is 254 g/mol. The van der Waals surface area contributed by atoms with Crippen LogP contribution in [-0.2, 0) is 4.79 Å². The number of hydrogen-bond acceptors (Lipinski definition) is 3. The molecular formula is C13H22N2OS. The Morgan fingerprint density at radius 3 is 2.94 bits per heavy atom. The first kappa shape index (κ1) is 11.8. The molecule has 1 amide bonds. The van der Waals surface area contributed by atoms with Gasteiger partial charge in [0.05, 0.1) is 6.04 Å². The summed E-state index contributed by atoms with van der Waals surface area (Å²) < 4.78 is 0. The maximum absolute atomic E-state index is 12.4. The lowest BCUT2D eigenvalue weighted by atomic mass is 9.94. The molecule has 3 rings (SSSR count). The SMILES string of the molecule is CNC1CSCCN(C2CCC3CC3C2)C1=O. The van der Waals surface area contributed by atoms with Crippen molar-refractivity contribution in [2.45, 2.75) is 37.8 Å². The van der Waals surface area contributed by atoms with Gasteiger partial charge >= 0.3 is 0 Å². The van der Waals surface area contributed by atoms with Gasteiger partial charge in [-0.2, -0.15) is 11.8 Å². The van der Waals surface area contributed by atoms with E-state index in [1.807, 2.05) is 18.8 Å². The Bertz CT molecular complexity index is 310. The molecule has 0 radical (unpaired) electrons. The molecule has 4 heteroatoms. The highest BCUT2D eigenvalue weighted by atomic mass is 32.2. The minimum absolute atomic E-state index is 0.0411. The van der Waals surface area contributed by atoms with E-state index in [1.54, 1.807) is 0 Å². The highest BCUT2D eigenvalue weighted by Gasteiger charge is 2.44. The maximum atomic E-state index is 12.4. The number of hydrogen-bond donors (Lipinski definition) is 1. The lowest BCUT2D eigenvalue weighted by molar-refractivity contribution is -0.135. The molecule has 3 aliphatic rings. The van der Waals surface area contributed by atoms with Crippen molar-refractivity contribution in [3.63, 3.8) is 0 Å². The number of fused-ring (bicyclic) bond motifs is 1. The van der Waals surface area contributed by atoms with Gasteiger partial charge in [0, 0.05) is 24.1 Å². The number of nitrogens with one attached hydrogen (secondary N) is 1. The fourth-order valence-electron chi connectivity index (χ4n) is 3.42. The molecule has 3 fully saturated rings. The molecule has 0 bridgehead atoms. The van der Waals surface area contributed by atoms with Crippen LogP contribution in [0.25, 0.3) is 0 Å². The molecule has 0 spiro atoms. The molecule has 96 valence electrons. The summed E-state index contributed by atoms with van der Waals surface area (Å²) in [6.07, 6.45) is 5.31. The van der Waals surface area contributed by atoms with Crippen LogP contribution in [0.2, 0.25) is 0 Å². The number of carbonyl (C=O) groups is 1. The van der Waals surface area contributed by atoms with Gasteiger partial charge in [-0.05, 0) is 44.6 Å². The lowest BCUT2D eigenvalue weighted by Crippen LogP contribution is -2.50. The van der Waals surface area contributed by atoms with Crippen LogP contribution in [0, 0.1) is 11.8 Å². The predicted octanol–water partition coefficient (Wildman–Crippen LogP) is 1.34. The van der Waals surface area contributed by atoms with Crippen LogP contribution in [0.3, 0.4) is 0 Å². The first-order chi connectivity index (χ1) is 8.29. The van der Waals surface area contributed by atoms with E-state index in [0.717, 1.165) is 29.9 Å². The van der Waals surface area contributed by atoms with Gasteiger partial charge in [0.15, 0.2) is 0 Å². The summed E-state index contributed by atoms with van der Waals surface area (Å²) in [4.78, 5) is 14.6. The Labute approximate surface area is 108 Å². The van der Waals surface area contributed by atoms with Gasteiger partial charge in [0.2, 0.25) is 5.91 Å². The Balaban J connectivity index is 1.68. The third-order valence-corrected chi connectivity index (χ3v) is 5.69. The second-order valence-corrected chi connectivity index (χ2v) is 6.82. The van der Waals surface area contributed by atoms with E-state index >= 15 is 0 Å². The van der Waals surface area contributed by atoms with Crippen LogP contribution in [0.15, 0.2) is 0 Å². The Morgan fingerprint density at radius 1 is 1.29 bits per heavy atom. The Kier molecular flexibility index (Phi) is 3.35. The van der Waals surface area contributed by atoms with Crippen LogP contribution >= 0.6 is 11.8 Å². The second-order valence-electron chi connectivity index (χ2n) is 5.67. The number of carbonyl (C=O) groups excluding carboxylic acids is 1. The van der Waals surface area contributed by atoms with Crippen molar-refractivity contribution in [3.8, 4) is 0 Å². The van der Waals surface area contributed by atoms with E-state index in [-0.39, 0.29) is 6.04 Å². The van der Waals surface area contributed by atoms with Crippen molar-refractivity contribution < 1.29 is 4.79 Å². The van der Waals surface area contributed by atoms with Gasteiger partial charge in [-0.25, -0.2) is 0 Å². The van der Waals surface area contributed by atoms with Crippen molar-refractivity contribution >= 4 is 17.7 Å². The van der Waals surface area contributed by atoms with Gasteiger partial charge in [-0.1, -0.05) is 0 Å². The highest BCUT2D eigenvalue weighted by molar-refractivity contribution is 7.99. The van der Waals surface area contributed by atoms with E-state index in [9.17, 15) is 4.79 Å². The summed E-state index contributed by atoms with van der Waals surface area (Å²) in [6, 6.07) is 0.584. The normalized spacial score (nSPS) is 41.9. The van der Waals surface area contributed by atoms with Gasteiger partial charge in [0.25, 0.3) is 0 Å². The minimum Gasteiger partial charge on any atom is -0.337 e. The molecule has 2 aliphatic carbocycles. The summed E-state index contributed by atoms with van der Waals surface area (Å²) in [5.74, 6) is 4.36. The van der Waals surface area contributed by atoms with Crippen molar-refractivity contribution in [2.75, 3.05) is 25.1 Å². The molecule has 2 saturated carbocycles. The largest absolute Gasteiger partial charge is 0.337 e. The van der Waals surface area contributed by atoms with Gasteiger partial charge < -0.3 is 10.2 Å². The molecular weight excluding hydrogens is 232 g/mol. The fraction of sp³-hybridized carbons (Fsp3) is 0.923. The second kappa shape index (κ2) is 4.81. The summed E-state index contributed by atoms with van der Waals surface area (Å²) in [6.45, 7) is 0.962. The van der Waals surface area contributed by atoms with Crippen molar-refractivity contribution in [3.05, 3.63) is 0 Å². The maximum Gasteiger partial charge on any atom is 0.240 e. The van der Waals surface area contributed by atoms with Crippen LogP contribution in [-0.4, -0.2) is 48.0 Å². The Morgan fingerprint density at radius 2 is 2.18 bits per heavy atom. The van der Waals surface area contributed by atoms with Crippen LogP contribution in [0.5, 0.6) is 0 Å². The highest BCUT2D eigenvalue weighted by Crippen LogP contribution is 2.50. The fourth-order valence-corrected chi connectivity index (χ4v) is 4.46. The molecule has 4 unspecified atom stereocenters. The first-order valence-corrected chi connectivity index (χ1v) is 8.00. The van der Waals surface area contributed by atoms with Crippen molar-refractivity contribution in [1.82, 2.24) is 10.2 Å². The molecule has 0 aromatic carbocycles. The van der Waals surface area contributed by atoms with E-state index in [1.165, 1.54) is 25.7 Å². The summed E-state index contributed by atoms with van der Waals surface area (Å²) >= 11 is 1.91. The summed E-state index contributed by atoms with van der Waals surface area (Å²) in [5.41, 5.74) is 0. The van der Waals surface area contributed by atoms with Gasteiger partial charge in [-0.3, -0.25) is 4.79 Å². The zero-order chi connectivity index (χ0) is 11.8. The molecule has 4 atom stereocenters. The molecule has 0 aromatic rings. The Hall–Kier alpha value is -0.220. The van der Waals surface area contributed by atoms with Crippen molar-refractivity contribution in [2.24, 2.45) is 11.8 Å². The van der Waals surface area contributed by atoms with Gasteiger partial charge in [-0.15, -0.1) is 0 Å². The average Bonchev–Trinajstić information content (AvgIpc) is 3.11. The molecule has 17 heavy (non-hydrogen) atoms. The smallest absolute Gasteiger partial charge is 0.240 e. The molecule has 0 aromatic heterocycles. The van der Waals surface area contributed by atoms with Crippen LogP contribution in [0.1, 0.15) is 25.7 Å². The minimum atomic E-state index is 0.0411. The molecule has 3 nitrogen and oxygen atoms in total. The van der Waals surface area contributed by atoms with Crippen molar-refractivity contribution in [1.29, 1.82) is 0 Å². The zero-order valence-corrected chi connectivity index (χ0v) is 11.3. The van der Waals surface area contributed by atoms with E-state index in [2.05, 4.69) is 10.2 Å². The first-order valence-electron chi connectivity index (χ1n) is 6.85. The van der Waals surface area contributed by atoms with Gasteiger partial charge in [0.1, 0.15) is 0 Å². The molecule has 1 saturated heterocycles. The van der Waals surface area contributed by atoms with E-state index < -0.39 is 0 Å². The molecule has 1 N–H and O–H groups in total. The topological polar surface area (TPSA) is 32.3 Å². The third-order valence-electron chi connectivity index (χ3n) is 4.65. The third kappa shape index (κ3) is 2.34. The number of likely N-dealkylation sites (N-methyl/N-ethyl adjacent to an activating group) is 1.